The first kappa shape index (κ1) is 18.9. The summed E-state index contributed by atoms with van der Waals surface area (Å²) in [5.41, 5.74) is 0.690. The van der Waals surface area contributed by atoms with Gasteiger partial charge in [-0.2, -0.15) is 0 Å². The molecule has 1 spiro atoms. The van der Waals surface area contributed by atoms with Gasteiger partial charge in [0.05, 0.1) is 0 Å². The molecule has 2 aliphatic rings. The van der Waals surface area contributed by atoms with Crippen LogP contribution < -0.4 is 16.0 Å². The highest BCUT2D eigenvalue weighted by Gasteiger charge is 2.54. The summed E-state index contributed by atoms with van der Waals surface area (Å²) in [4.78, 5) is 50.2. The molecular weight excluding hydrogens is 348 g/mol. The van der Waals surface area contributed by atoms with Crippen molar-refractivity contribution in [2.24, 2.45) is 5.92 Å². The van der Waals surface area contributed by atoms with Crippen molar-refractivity contribution in [2.45, 2.75) is 38.6 Å². The van der Waals surface area contributed by atoms with Crippen LogP contribution in [0.4, 0.5) is 9.59 Å². The van der Waals surface area contributed by atoms with Crippen molar-refractivity contribution >= 4 is 23.9 Å². The quantitative estimate of drug-likeness (QED) is 0.691. The molecule has 0 bridgehead atoms. The van der Waals surface area contributed by atoms with E-state index in [-0.39, 0.29) is 5.92 Å². The number of rotatable bonds is 4. The second-order valence-electron chi connectivity index (χ2n) is 7.39. The van der Waals surface area contributed by atoms with Crippen LogP contribution in [-0.4, -0.2) is 41.9 Å². The SMILES string of the molecule is CC(C)CNC(=O)NC(=O)CN1C(=O)N[C@@]2(CCCc3ccccc32)C1=O. The number of carbonyl (C=O) groups is 4. The second kappa shape index (κ2) is 7.38. The zero-order chi connectivity index (χ0) is 19.6. The number of imide groups is 2. The van der Waals surface area contributed by atoms with Gasteiger partial charge in [0.25, 0.3) is 5.91 Å². The Labute approximate surface area is 157 Å². The molecule has 1 fully saturated rings. The first-order chi connectivity index (χ1) is 12.8. The van der Waals surface area contributed by atoms with Gasteiger partial charge in [0.15, 0.2) is 0 Å². The summed E-state index contributed by atoms with van der Waals surface area (Å²) in [7, 11) is 0. The van der Waals surface area contributed by atoms with Crippen LogP contribution in [0.15, 0.2) is 24.3 Å². The minimum absolute atomic E-state index is 0.239. The summed E-state index contributed by atoms with van der Waals surface area (Å²) >= 11 is 0. The second-order valence-corrected chi connectivity index (χ2v) is 7.39. The van der Waals surface area contributed by atoms with Crippen LogP contribution in [0.2, 0.25) is 0 Å². The van der Waals surface area contributed by atoms with Gasteiger partial charge in [0.1, 0.15) is 12.1 Å². The summed E-state index contributed by atoms with van der Waals surface area (Å²) in [5.74, 6) is -0.915. The average Bonchev–Trinajstić information content (AvgIpc) is 2.85. The van der Waals surface area contributed by atoms with Crippen molar-refractivity contribution in [3.05, 3.63) is 35.4 Å². The lowest BCUT2D eigenvalue weighted by molar-refractivity contribution is -0.135. The lowest BCUT2D eigenvalue weighted by atomic mass is 9.76. The van der Waals surface area contributed by atoms with Crippen LogP contribution in [0.5, 0.6) is 0 Å². The van der Waals surface area contributed by atoms with Gasteiger partial charge >= 0.3 is 12.1 Å². The number of hydrogen-bond donors (Lipinski definition) is 3. The predicted molar refractivity (Wildman–Crippen MR) is 97.7 cm³/mol. The van der Waals surface area contributed by atoms with Crippen LogP contribution in [0, 0.1) is 5.92 Å². The number of carbonyl (C=O) groups excluding carboxylic acids is 4. The molecule has 1 aromatic carbocycles. The molecule has 0 radical (unpaired) electrons. The van der Waals surface area contributed by atoms with E-state index in [2.05, 4.69) is 16.0 Å². The van der Waals surface area contributed by atoms with Gasteiger partial charge < -0.3 is 10.6 Å². The van der Waals surface area contributed by atoms with Gasteiger partial charge in [0, 0.05) is 6.54 Å². The first-order valence-electron chi connectivity index (χ1n) is 9.13. The Kier molecular flexibility index (Phi) is 5.16. The van der Waals surface area contributed by atoms with Crippen LogP contribution in [0.3, 0.4) is 0 Å². The van der Waals surface area contributed by atoms with E-state index >= 15 is 0 Å². The highest BCUT2D eigenvalue weighted by Crippen LogP contribution is 2.39. The summed E-state index contributed by atoms with van der Waals surface area (Å²) in [5, 5.41) is 7.49. The summed E-state index contributed by atoms with van der Waals surface area (Å²) < 4.78 is 0. The highest BCUT2D eigenvalue weighted by atomic mass is 16.2. The standard InChI is InChI=1S/C19H24N4O4/c1-12(2)10-20-17(26)21-15(24)11-23-16(25)19(22-18(23)27)9-5-7-13-6-3-4-8-14(13)19/h3-4,6,8,12H,5,7,9-11H2,1-2H3,(H,22,27)(H2,20,21,24,26)/t19-/m1/s1. The number of urea groups is 2. The van der Waals surface area contributed by atoms with Gasteiger partial charge in [0.2, 0.25) is 5.91 Å². The molecule has 3 N–H and O–H groups in total. The van der Waals surface area contributed by atoms with Crippen LogP contribution in [0.1, 0.15) is 37.8 Å². The zero-order valence-corrected chi connectivity index (χ0v) is 15.5. The molecule has 1 aliphatic carbocycles. The van der Waals surface area contributed by atoms with E-state index in [0.717, 1.165) is 28.9 Å². The van der Waals surface area contributed by atoms with Crippen molar-refractivity contribution in [3.63, 3.8) is 0 Å². The van der Waals surface area contributed by atoms with E-state index in [0.29, 0.717) is 13.0 Å². The van der Waals surface area contributed by atoms with E-state index in [1.807, 2.05) is 38.1 Å². The largest absolute Gasteiger partial charge is 0.338 e. The number of nitrogens with zero attached hydrogens (tertiary/aromatic N) is 1. The third-order valence-corrected chi connectivity index (χ3v) is 4.88. The smallest absolute Gasteiger partial charge is 0.325 e. The Morgan fingerprint density at radius 3 is 2.74 bits per heavy atom. The molecule has 0 aromatic heterocycles. The Hall–Kier alpha value is -2.90. The highest BCUT2D eigenvalue weighted by molar-refractivity contribution is 6.10. The molecule has 3 rings (SSSR count). The maximum absolute atomic E-state index is 13.1. The Balaban J connectivity index is 1.71. The number of fused-ring (bicyclic) bond motifs is 2. The molecule has 8 heteroatoms. The number of amides is 6. The fourth-order valence-electron chi connectivity index (χ4n) is 3.61. The third-order valence-electron chi connectivity index (χ3n) is 4.88. The van der Waals surface area contributed by atoms with Crippen molar-refractivity contribution in [3.8, 4) is 0 Å². The van der Waals surface area contributed by atoms with Crippen molar-refractivity contribution in [1.29, 1.82) is 0 Å². The fourth-order valence-corrected chi connectivity index (χ4v) is 3.61. The molecule has 1 aromatic rings. The van der Waals surface area contributed by atoms with Crippen LogP contribution in [-0.2, 0) is 21.5 Å². The Morgan fingerprint density at radius 1 is 1.26 bits per heavy atom. The monoisotopic (exact) mass is 372 g/mol. The summed E-state index contributed by atoms with van der Waals surface area (Å²) in [6.07, 6.45) is 2.10. The Morgan fingerprint density at radius 2 is 2.00 bits per heavy atom. The molecule has 8 nitrogen and oxygen atoms in total. The van der Waals surface area contributed by atoms with Gasteiger partial charge in [-0.15, -0.1) is 0 Å². The van der Waals surface area contributed by atoms with Gasteiger partial charge in [-0.3, -0.25) is 19.8 Å². The van der Waals surface area contributed by atoms with Crippen molar-refractivity contribution < 1.29 is 19.2 Å². The van der Waals surface area contributed by atoms with E-state index in [9.17, 15) is 19.2 Å². The molecule has 1 saturated heterocycles. The maximum atomic E-state index is 13.1. The van der Waals surface area contributed by atoms with Crippen LogP contribution in [0.25, 0.3) is 0 Å². The topological polar surface area (TPSA) is 108 Å². The molecule has 144 valence electrons. The van der Waals surface area contributed by atoms with Crippen molar-refractivity contribution in [2.75, 3.05) is 13.1 Å². The van der Waals surface area contributed by atoms with E-state index in [1.165, 1.54) is 0 Å². The molecule has 0 unspecified atom stereocenters. The van der Waals surface area contributed by atoms with Gasteiger partial charge in [-0.25, -0.2) is 9.59 Å². The molecule has 0 saturated carbocycles. The average molecular weight is 372 g/mol. The molecule has 27 heavy (non-hydrogen) atoms. The van der Waals surface area contributed by atoms with E-state index in [4.69, 9.17) is 0 Å². The number of benzene rings is 1. The van der Waals surface area contributed by atoms with Crippen molar-refractivity contribution in [1.82, 2.24) is 20.9 Å². The zero-order valence-electron chi connectivity index (χ0n) is 15.5. The minimum Gasteiger partial charge on any atom is -0.338 e. The fraction of sp³-hybridized carbons (Fsp3) is 0.474. The number of nitrogens with one attached hydrogen (secondary N) is 3. The molecule has 1 aliphatic heterocycles. The van der Waals surface area contributed by atoms with Crippen LogP contribution >= 0.6 is 0 Å². The normalized spacial score (nSPS) is 21.2. The van der Waals surface area contributed by atoms with E-state index < -0.39 is 36.0 Å². The third kappa shape index (κ3) is 3.65. The number of aryl methyl sites for hydroxylation is 1. The maximum Gasteiger partial charge on any atom is 0.325 e. The lowest BCUT2D eigenvalue weighted by Gasteiger charge is -2.33. The molecular formula is C19H24N4O4. The lowest BCUT2D eigenvalue weighted by Crippen LogP contribution is -2.48. The Bertz CT molecular complexity index is 792. The summed E-state index contributed by atoms with van der Waals surface area (Å²) in [6, 6.07) is 6.27. The predicted octanol–water partition coefficient (Wildman–Crippen LogP) is 1.25. The number of hydrogen-bond acceptors (Lipinski definition) is 4. The minimum atomic E-state index is -1.12. The molecule has 6 amide bonds. The van der Waals surface area contributed by atoms with Gasteiger partial charge in [-0.05, 0) is 36.3 Å². The van der Waals surface area contributed by atoms with E-state index in [1.54, 1.807) is 0 Å². The summed E-state index contributed by atoms with van der Waals surface area (Å²) in [6.45, 7) is 3.78. The molecule has 1 atom stereocenters. The first-order valence-corrected chi connectivity index (χ1v) is 9.13. The molecule has 1 heterocycles. The van der Waals surface area contributed by atoms with Gasteiger partial charge in [-0.1, -0.05) is 38.1 Å².